The normalized spacial score (nSPS) is 18.1. The number of H-pyrrole nitrogens is 1. The quantitative estimate of drug-likeness (QED) is 0.628. The summed E-state index contributed by atoms with van der Waals surface area (Å²) in [7, 11) is 0. The number of anilines is 1. The molecule has 0 spiro atoms. The number of carboxylic acid groups (broad SMARTS) is 1. The number of rotatable bonds is 2. The van der Waals surface area contributed by atoms with Gasteiger partial charge in [-0.15, -0.1) is 0 Å². The molecule has 8 nitrogen and oxygen atoms in total. The largest absolute Gasteiger partial charge is 0.481 e. The molecule has 2 heterocycles. The molecule has 0 radical (unpaired) electrons. The third kappa shape index (κ3) is 1.71. The number of nitrogens with zero attached hydrogens (tertiary/aromatic N) is 1. The Labute approximate surface area is 100 Å². The molecular weight excluding hydrogens is 242 g/mol. The van der Waals surface area contributed by atoms with Crippen LogP contribution in [-0.4, -0.2) is 26.5 Å². The van der Waals surface area contributed by atoms with Crippen molar-refractivity contribution in [1.29, 1.82) is 0 Å². The van der Waals surface area contributed by atoms with Crippen molar-refractivity contribution in [3.63, 3.8) is 0 Å². The lowest BCUT2D eigenvalue weighted by Crippen LogP contribution is -2.41. The second kappa shape index (κ2) is 4.13. The van der Waals surface area contributed by atoms with Gasteiger partial charge in [-0.2, -0.15) is 0 Å². The highest BCUT2D eigenvalue weighted by atomic mass is 16.4. The third-order valence-corrected chi connectivity index (χ3v) is 2.85. The third-order valence-electron chi connectivity index (χ3n) is 2.85. The molecular formula is C10H11N3O5. The van der Waals surface area contributed by atoms with Crippen LogP contribution in [-0.2, 0) is 16.1 Å². The van der Waals surface area contributed by atoms with Crippen LogP contribution < -0.4 is 16.6 Å². The van der Waals surface area contributed by atoms with Crippen LogP contribution in [0.25, 0.3) is 0 Å². The highest BCUT2D eigenvalue weighted by Crippen LogP contribution is 2.28. The van der Waals surface area contributed by atoms with E-state index in [9.17, 15) is 19.2 Å². The fourth-order valence-electron chi connectivity index (χ4n) is 2.03. The average molecular weight is 253 g/mol. The molecule has 18 heavy (non-hydrogen) atoms. The molecule has 96 valence electrons. The Bertz CT molecular complexity index is 642. The number of fused-ring (bicyclic) bond motifs is 1. The number of hydrogen-bond acceptors (Lipinski definition) is 4. The molecule has 0 aliphatic carbocycles. The van der Waals surface area contributed by atoms with Crippen LogP contribution in [0.5, 0.6) is 0 Å². The smallest absolute Gasteiger partial charge is 0.329 e. The molecule has 3 N–H and O–H groups in total. The molecule has 1 amide bonds. The monoisotopic (exact) mass is 253 g/mol. The first-order valence-electron chi connectivity index (χ1n) is 5.35. The summed E-state index contributed by atoms with van der Waals surface area (Å²) in [6.45, 7) is 1.86. The van der Waals surface area contributed by atoms with E-state index in [1.807, 2.05) is 0 Å². The SMILES string of the molecule is CCn1c2c(c(=O)[nH]c1=O)[C@@H](C(=O)O)CC(=O)N2. The summed E-state index contributed by atoms with van der Waals surface area (Å²) in [5, 5.41) is 11.4. The van der Waals surface area contributed by atoms with Crippen LogP contribution in [0.15, 0.2) is 9.59 Å². The van der Waals surface area contributed by atoms with E-state index in [1.54, 1.807) is 6.92 Å². The molecule has 2 rings (SSSR count). The van der Waals surface area contributed by atoms with E-state index in [0.29, 0.717) is 0 Å². The van der Waals surface area contributed by atoms with Gasteiger partial charge in [0.1, 0.15) is 5.82 Å². The van der Waals surface area contributed by atoms with Crippen molar-refractivity contribution in [1.82, 2.24) is 9.55 Å². The molecule has 1 aromatic rings. The summed E-state index contributed by atoms with van der Waals surface area (Å²) in [5.41, 5.74) is -1.52. The van der Waals surface area contributed by atoms with Gasteiger partial charge in [-0.3, -0.25) is 23.9 Å². The predicted molar refractivity (Wildman–Crippen MR) is 60.6 cm³/mol. The van der Waals surface area contributed by atoms with Crippen LogP contribution >= 0.6 is 0 Å². The van der Waals surface area contributed by atoms with E-state index in [0.717, 1.165) is 4.57 Å². The Morgan fingerprint density at radius 3 is 2.67 bits per heavy atom. The summed E-state index contributed by atoms with van der Waals surface area (Å²) in [6.07, 6.45) is -0.312. The van der Waals surface area contributed by atoms with Crippen molar-refractivity contribution in [2.24, 2.45) is 0 Å². The van der Waals surface area contributed by atoms with Gasteiger partial charge in [0.2, 0.25) is 5.91 Å². The molecule has 0 bridgehead atoms. The van der Waals surface area contributed by atoms with Gasteiger partial charge < -0.3 is 10.4 Å². The van der Waals surface area contributed by atoms with Crippen molar-refractivity contribution in [3.05, 3.63) is 26.4 Å². The van der Waals surface area contributed by atoms with E-state index in [4.69, 9.17) is 5.11 Å². The van der Waals surface area contributed by atoms with Crippen molar-refractivity contribution in [2.45, 2.75) is 25.8 Å². The van der Waals surface area contributed by atoms with E-state index >= 15 is 0 Å². The summed E-state index contributed by atoms with van der Waals surface area (Å²) in [6, 6.07) is 0. The molecule has 0 saturated carbocycles. The number of carbonyl (C=O) groups is 2. The van der Waals surface area contributed by atoms with Gasteiger partial charge in [-0.25, -0.2) is 4.79 Å². The molecule has 0 aromatic carbocycles. The minimum absolute atomic E-state index is 0.0186. The molecule has 0 unspecified atom stereocenters. The lowest BCUT2D eigenvalue weighted by molar-refractivity contribution is -0.140. The van der Waals surface area contributed by atoms with Gasteiger partial charge in [0.25, 0.3) is 5.56 Å². The fraction of sp³-hybridized carbons (Fsp3) is 0.400. The summed E-state index contributed by atoms with van der Waals surface area (Å²) in [5.74, 6) is -3.04. The maximum atomic E-state index is 11.7. The number of carbonyl (C=O) groups excluding carboxylic acids is 1. The van der Waals surface area contributed by atoms with Gasteiger partial charge in [-0.05, 0) is 6.92 Å². The summed E-state index contributed by atoms with van der Waals surface area (Å²) < 4.78 is 1.13. The number of aromatic nitrogens is 2. The highest BCUT2D eigenvalue weighted by Gasteiger charge is 2.35. The number of nitrogens with one attached hydrogen (secondary N) is 2. The lowest BCUT2D eigenvalue weighted by atomic mass is 9.93. The van der Waals surface area contributed by atoms with E-state index in [2.05, 4.69) is 10.3 Å². The Balaban J connectivity index is 2.80. The van der Waals surface area contributed by atoms with Gasteiger partial charge in [0, 0.05) is 13.0 Å². The molecule has 8 heteroatoms. The van der Waals surface area contributed by atoms with E-state index in [1.165, 1.54) is 0 Å². The highest BCUT2D eigenvalue weighted by molar-refractivity contribution is 5.98. The molecule has 1 aliphatic rings. The summed E-state index contributed by atoms with van der Waals surface area (Å²) >= 11 is 0. The van der Waals surface area contributed by atoms with Crippen LogP contribution in [0, 0.1) is 0 Å². The van der Waals surface area contributed by atoms with Crippen molar-refractivity contribution >= 4 is 17.7 Å². The Morgan fingerprint density at radius 2 is 2.11 bits per heavy atom. The minimum atomic E-state index is -1.27. The van der Waals surface area contributed by atoms with Crippen LogP contribution in [0.3, 0.4) is 0 Å². The lowest BCUT2D eigenvalue weighted by Gasteiger charge is -2.23. The molecule has 0 saturated heterocycles. The average Bonchev–Trinajstić information content (AvgIpc) is 2.27. The van der Waals surface area contributed by atoms with E-state index < -0.39 is 29.0 Å². The molecule has 1 aliphatic heterocycles. The standard InChI is InChI=1S/C10H11N3O5/c1-2-13-7-6(8(15)12-10(13)18)4(9(16)17)3-5(14)11-7/h4H,2-3H2,1H3,(H,11,14)(H,16,17)(H,12,15,18)/t4-/m0/s1. The molecule has 1 aromatic heterocycles. The van der Waals surface area contributed by atoms with Gasteiger partial charge in [0.05, 0.1) is 11.5 Å². The number of carboxylic acids is 1. The van der Waals surface area contributed by atoms with Crippen molar-refractivity contribution in [3.8, 4) is 0 Å². The second-order valence-electron chi connectivity index (χ2n) is 3.91. The Morgan fingerprint density at radius 1 is 1.44 bits per heavy atom. The minimum Gasteiger partial charge on any atom is -0.481 e. The van der Waals surface area contributed by atoms with Gasteiger partial charge in [-0.1, -0.05) is 0 Å². The topological polar surface area (TPSA) is 121 Å². The fourth-order valence-corrected chi connectivity index (χ4v) is 2.03. The van der Waals surface area contributed by atoms with Gasteiger partial charge in [0.15, 0.2) is 0 Å². The number of aliphatic carboxylic acids is 1. The summed E-state index contributed by atoms with van der Waals surface area (Å²) in [4.78, 5) is 47.8. The van der Waals surface area contributed by atoms with E-state index in [-0.39, 0.29) is 24.3 Å². The zero-order chi connectivity index (χ0) is 13.4. The first kappa shape index (κ1) is 12.1. The predicted octanol–water partition coefficient (Wildman–Crippen LogP) is -0.933. The maximum Gasteiger partial charge on any atom is 0.329 e. The molecule has 1 atom stereocenters. The van der Waals surface area contributed by atoms with Crippen molar-refractivity contribution in [2.75, 3.05) is 5.32 Å². The number of amides is 1. The van der Waals surface area contributed by atoms with Crippen LogP contribution in [0.2, 0.25) is 0 Å². The number of hydrogen-bond donors (Lipinski definition) is 3. The number of aromatic amines is 1. The maximum absolute atomic E-state index is 11.7. The first-order chi connectivity index (χ1) is 8.45. The Kier molecular flexibility index (Phi) is 2.77. The van der Waals surface area contributed by atoms with Crippen LogP contribution in [0.1, 0.15) is 24.8 Å². The molecule has 0 fully saturated rings. The first-order valence-corrected chi connectivity index (χ1v) is 5.35. The van der Waals surface area contributed by atoms with Crippen LogP contribution in [0.4, 0.5) is 5.82 Å². The Hall–Kier alpha value is -2.38. The zero-order valence-corrected chi connectivity index (χ0v) is 9.52. The second-order valence-corrected chi connectivity index (χ2v) is 3.91. The van der Waals surface area contributed by atoms with Gasteiger partial charge >= 0.3 is 11.7 Å². The van der Waals surface area contributed by atoms with Crippen molar-refractivity contribution < 1.29 is 14.7 Å². The zero-order valence-electron chi connectivity index (χ0n) is 9.52.